The number of nitrogens with one attached hydrogen (secondary N) is 1. The Balaban J connectivity index is 1.93. The zero-order chi connectivity index (χ0) is 12.3. The molecule has 1 aromatic rings. The van der Waals surface area contributed by atoms with Crippen LogP contribution in [-0.4, -0.2) is 38.5 Å². The molecule has 0 unspecified atom stereocenters. The molecule has 3 N–H and O–H groups in total. The highest BCUT2D eigenvalue weighted by Gasteiger charge is 2.00. The fourth-order valence-electron chi connectivity index (χ4n) is 1.12. The molecule has 1 aromatic heterocycles. The van der Waals surface area contributed by atoms with E-state index < -0.39 is 0 Å². The fourth-order valence-corrected chi connectivity index (χ4v) is 1.78. The standard InChI is InChI=1S/C10H19N3O3S/c1-14-5-6-15-3-2-4-16-8-9-7-12-10(13-11)17-9/h7H,2-6,8,11H2,1H3,(H,12,13). The number of nitrogens with zero attached hydrogens (tertiary/aromatic N) is 1. The maximum atomic E-state index is 5.47. The number of hydrogen-bond donors (Lipinski definition) is 2. The molecule has 1 rings (SSSR count). The van der Waals surface area contributed by atoms with E-state index in [-0.39, 0.29) is 0 Å². The van der Waals surface area contributed by atoms with Crippen LogP contribution in [0.2, 0.25) is 0 Å². The lowest BCUT2D eigenvalue weighted by Gasteiger charge is -2.04. The Morgan fingerprint density at radius 1 is 1.29 bits per heavy atom. The van der Waals surface area contributed by atoms with Crippen molar-refractivity contribution in [3.8, 4) is 0 Å². The minimum absolute atomic E-state index is 0.567. The third-order valence-electron chi connectivity index (χ3n) is 1.93. The molecule has 0 aliphatic rings. The van der Waals surface area contributed by atoms with Crippen LogP contribution in [0.1, 0.15) is 11.3 Å². The van der Waals surface area contributed by atoms with Crippen LogP contribution in [0, 0.1) is 0 Å². The maximum absolute atomic E-state index is 5.47. The van der Waals surface area contributed by atoms with E-state index in [1.807, 2.05) is 0 Å². The maximum Gasteiger partial charge on any atom is 0.197 e. The Bertz CT molecular complexity index is 296. The van der Waals surface area contributed by atoms with Crippen LogP contribution in [-0.2, 0) is 20.8 Å². The summed E-state index contributed by atoms with van der Waals surface area (Å²) in [5.41, 5.74) is 2.50. The van der Waals surface area contributed by atoms with E-state index in [1.54, 1.807) is 13.3 Å². The average molecular weight is 261 g/mol. The SMILES string of the molecule is COCCOCCCOCc1cnc(NN)s1. The predicted octanol–water partition coefficient (Wildman–Crippen LogP) is 0.998. The number of rotatable bonds is 10. The van der Waals surface area contributed by atoms with Gasteiger partial charge >= 0.3 is 0 Å². The molecule has 0 bridgehead atoms. The number of ether oxygens (including phenoxy) is 3. The molecule has 1 heterocycles. The molecule has 6 nitrogen and oxygen atoms in total. The van der Waals surface area contributed by atoms with Gasteiger partial charge in [0.25, 0.3) is 0 Å². The highest BCUT2D eigenvalue weighted by atomic mass is 32.1. The molecule has 98 valence electrons. The monoisotopic (exact) mass is 261 g/mol. The van der Waals surface area contributed by atoms with E-state index in [9.17, 15) is 0 Å². The zero-order valence-electron chi connectivity index (χ0n) is 9.98. The normalized spacial score (nSPS) is 10.7. The Morgan fingerprint density at radius 2 is 2.12 bits per heavy atom. The molecule has 0 amide bonds. The number of hydrogen-bond acceptors (Lipinski definition) is 7. The van der Waals surface area contributed by atoms with Gasteiger partial charge in [-0.15, -0.1) is 0 Å². The summed E-state index contributed by atoms with van der Waals surface area (Å²) < 4.78 is 15.6. The van der Waals surface area contributed by atoms with Gasteiger partial charge in [-0.1, -0.05) is 11.3 Å². The third-order valence-corrected chi connectivity index (χ3v) is 2.83. The summed E-state index contributed by atoms with van der Waals surface area (Å²) in [6, 6.07) is 0. The van der Waals surface area contributed by atoms with Gasteiger partial charge < -0.3 is 14.2 Å². The van der Waals surface area contributed by atoms with Crippen LogP contribution < -0.4 is 11.3 Å². The van der Waals surface area contributed by atoms with Crippen LogP contribution in [0.5, 0.6) is 0 Å². The topological polar surface area (TPSA) is 78.6 Å². The van der Waals surface area contributed by atoms with Gasteiger partial charge in [0.15, 0.2) is 5.13 Å². The van der Waals surface area contributed by atoms with Crippen molar-refractivity contribution in [1.82, 2.24) is 4.98 Å². The molecule has 0 spiro atoms. The number of hydrazine groups is 1. The second kappa shape index (κ2) is 9.32. The molecule has 0 aliphatic heterocycles. The second-order valence-electron chi connectivity index (χ2n) is 3.29. The third kappa shape index (κ3) is 6.54. The largest absolute Gasteiger partial charge is 0.382 e. The lowest BCUT2D eigenvalue weighted by Crippen LogP contribution is -2.05. The quantitative estimate of drug-likeness (QED) is 0.371. The van der Waals surface area contributed by atoms with Gasteiger partial charge in [-0.05, 0) is 6.42 Å². The molecule has 0 aliphatic carbocycles. The summed E-state index contributed by atoms with van der Waals surface area (Å²) in [6.45, 7) is 3.21. The van der Waals surface area contributed by atoms with Crippen molar-refractivity contribution in [1.29, 1.82) is 0 Å². The van der Waals surface area contributed by atoms with Gasteiger partial charge in [-0.2, -0.15) is 0 Å². The number of anilines is 1. The molecule has 7 heteroatoms. The van der Waals surface area contributed by atoms with Gasteiger partial charge in [-0.25, -0.2) is 10.8 Å². The molecule has 0 radical (unpaired) electrons. The summed E-state index contributed by atoms with van der Waals surface area (Å²) in [7, 11) is 1.66. The highest BCUT2D eigenvalue weighted by molar-refractivity contribution is 7.15. The van der Waals surface area contributed by atoms with Crippen molar-refractivity contribution in [2.45, 2.75) is 13.0 Å². The van der Waals surface area contributed by atoms with Gasteiger partial charge in [0, 0.05) is 26.5 Å². The molecule has 17 heavy (non-hydrogen) atoms. The Hall–Kier alpha value is -0.730. The van der Waals surface area contributed by atoms with E-state index in [1.165, 1.54) is 11.3 Å². The van der Waals surface area contributed by atoms with Crippen LogP contribution in [0.25, 0.3) is 0 Å². The molecular weight excluding hydrogens is 242 g/mol. The Labute approximate surface area is 105 Å². The van der Waals surface area contributed by atoms with Crippen molar-refractivity contribution < 1.29 is 14.2 Å². The highest BCUT2D eigenvalue weighted by Crippen LogP contribution is 2.17. The van der Waals surface area contributed by atoms with Crippen molar-refractivity contribution >= 4 is 16.5 Å². The average Bonchev–Trinajstić information content (AvgIpc) is 2.80. The van der Waals surface area contributed by atoms with Gasteiger partial charge in [-0.3, -0.25) is 5.43 Å². The number of thiazole rings is 1. The van der Waals surface area contributed by atoms with Crippen molar-refractivity contribution in [3.63, 3.8) is 0 Å². The zero-order valence-corrected chi connectivity index (χ0v) is 10.8. The van der Waals surface area contributed by atoms with Crippen molar-refractivity contribution in [2.75, 3.05) is 39.0 Å². The molecule has 0 fully saturated rings. The minimum atomic E-state index is 0.567. The number of nitrogens with two attached hydrogens (primary N) is 1. The van der Waals surface area contributed by atoms with Gasteiger partial charge in [0.05, 0.1) is 24.7 Å². The second-order valence-corrected chi connectivity index (χ2v) is 4.40. The van der Waals surface area contributed by atoms with E-state index in [4.69, 9.17) is 20.1 Å². The van der Waals surface area contributed by atoms with Crippen molar-refractivity contribution in [3.05, 3.63) is 11.1 Å². The summed E-state index contributed by atoms with van der Waals surface area (Å²) in [6.07, 6.45) is 2.64. The summed E-state index contributed by atoms with van der Waals surface area (Å²) in [5.74, 6) is 5.23. The molecular formula is C10H19N3O3S. The Morgan fingerprint density at radius 3 is 2.82 bits per heavy atom. The first kappa shape index (κ1) is 14.3. The van der Waals surface area contributed by atoms with E-state index >= 15 is 0 Å². The number of aromatic nitrogens is 1. The fraction of sp³-hybridized carbons (Fsp3) is 0.700. The summed E-state index contributed by atoms with van der Waals surface area (Å²) >= 11 is 1.49. The first-order valence-corrected chi connectivity index (χ1v) is 6.24. The van der Waals surface area contributed by atoms with E-state index in [2.05, 4.69) is 10.4 Å². The number of methoxy groups -OCH3 is 1. The Kier molecular flexibility index (Phi) is 7.85. The first-order chi connectivity index (χ1) is 8.36. The van der Waals surface area contributed by atoms with Crippen LogP contribution in [0.4, 0.5) is 5.13 Å². The smallest absolute Gasteiger partial charge is 0.197 e. The number of nitrogen functional groups attached to an aromatic ring is 1. The van der Waals surface area contributed by atoms with Crippen LogP contribution in [0.3, 0.4) is 0 Å². The van der Waals surface area contributed by atoms with E-state index in [0.717, 1.165) is 11.3 Å². The first-order valence-electron chi connectivity index (χ1n) is 5.42. The predicted molar refractivity (Wildman–Crippen MR) is 66.9 cm³/mol. The minimum Gasteiger partial charge on any atom is -0.382 e. The lowest BCUT2D eigenvalue weighted by atomic mass is 10.5. The van der Waals surface area contributed by atoms with E-state index in [0.29, 0.717) is 38.2 Å². The van der Waals surface area contributed by atoms with Crippen LogP contribution in [0.15, 0.2) is 6.20 Å². The molecule has 0 saturated carbocycles. The summed E-state index contributed by atoms with van der Waals surface area (Å²) in [4.78, 5) is 5.10. The van der Waals surface area contributed by atoms with Crippen LogP contribution >= 0.6 is 11.3 Å². The van der Waals surface area contributed by atoms with Crippen molar-refractivity contribution in [2.24, 2.45) is 5.84 Å². The molecule has 0 saturated heterocycles. The molecule has 0 atom stereocenters. The lowest BCUT2D eigenvalue weighted by molar-refractivity contribution is 0.0487. The molecule has 0 aromatic carbocycles. The van der Waals surface area contributed by atoms with Gasteiger partial charge in [0.2, 0.25) is 0 Å². The van der Waals surface area contributed by atoms with Gasteiger partial charge in [0.1, 0.15) is 0 Å². The summed E-state index contributed by atoms with van der Waals surface area (Å²) in [5, 5.41) is 0.700.